The first-order valence-electron chi connectivity index (χ1n) is 13.0. The maximum Gasteiger partial charge on any atom is 0.425 e. The number of alkyl halides is 2. The van der Waals surface area contributed by atoms with Crippen LogP contribution in [0.4, 0.5) is 4.79 Å². The molecule has 0 aliphatic heterocycles. The summed E-state index contributed by atoms with van der Waals surface area (Å²) in [6.45, 7) is 8.15. The molecule has 41 heavy (non-hydrogen) atoms. The van der Waals surface area contributed by atoms with Crippen LogP contribution < -0.4 is 9.47 Å². The highest BCUT2D eigenvalue weighted by Crippen LogP contribution is 2.58. The van der Waals surface area contributed by atoms with Gasteiger partial charge in [-0.2, -0.15) is 12.7 Å². The van der Waals surface area contributed by atoms with E-state index in [-0.39, 0.29) is 21.4 Å². The Balaban J connectivity index is 2.60. The first kappa shape index (κ1) is 35.7. The smallest absolute Gasteiger partial charge is 0.425 e. The molecule has 0 saturated carbocycles. The van der Waals surface area contributed by atoms with Crippen LogP contribution in [0.2, 0.25) is 0 Å². The molecule has 0 radical (unpaired) electrons. The van der Waals surface area contributed by atoms with Crippen LogP contribution in [-0.4, -0.2) is 64.5 Å². The summed E-state index contributed by atoms with van der Waals surface area (Å²) in [5, 5.41) is -2.34. The summed E-state index contributed by atoms with van der Waals surface area (Å²) in [4.78, 5) is 34.5. The van der Waals surface area contributed by atoms with Crippen molar-refractivity contribution in [3.05, 3.63) is 30.3 Å². The quantitative estimate of drug-likeness (QED) is 0.116. The van der Waals surface area contributed by atoms with Crippen molar-refractivity contribution >= 4 is 58.3 Å². The van der Waals surface area contributed by atoms with E-state index in [4.69, 9.17) is 37.4 Å². The van der Waals surface area contributed by atoms with E-state index in [0.29, 0.717) is 59.8 Å². The molecule has 15 heteroatoms. The molecule has 0 bridgehead atoms. The highest BCUT2D eigenvalue weighted by molar-refractivity contribution is 7.92. The summed E-state index contributed by atoms with van der Waals surface area (Å²) in [5.41, 5.74) is -0.515. The zero-order chi connectivity index (χ0) is 31.1. The third kappa shape index (κ3) is 8.75. The number of carbonyl (C=O) groups is 1. The van der Waals surface area contributed by atoms with Crippen molar-refractivity contribution in [1.29, 1.82) is 0 Å². The lowest BCUT2D eigenvalue weighted by molar-refractivity contribution is 0.0269. The normalized spacial score (nSPS) is 12.7. The molecule has 2 N–H and O–H groups in total. The summed E-state index contributed by atoms with van der Waals surface area (Å²) in [6.07, 6.45) is -0.800. The second kappa shape index (κ2) is 14.8. The van der Waals surface area contributed by atoms with E-state index in [0.717, 1.165) is 11.3 Å². The molecule has 2 aromatic rings. The van der Waals surface area contributed by atoms with Crippen LogP contribution in [0, 0.1) is 0 Å². The number of ether oxygens (including phenoxy) is 3. The summed E-state index contributed by atoms with van der Waals surface area (Å²) in [7, 11) is -9.96. The van der Waals surface area contributed by atoms with Crippen molar-refractivity contribution in [3.63, 3.8) is 0 Å². The molecule has 0 saturated heterocycles. The molecule has 1 heterocycles. The van der Waals surface area contributed by atoms with Gasteiger partial charge in [0.05, 0.1) is 13.2 Å². The highest BCUT2D eigenvalue weighted by atomic mass is 35.5. The van der Waals surface area contributed by atoms with Crippen molar-refractivity contribution in [2.45, 2.75) is 75.4 Å². The monoisotopic (exact) mass is 673 g/mol. The van der Waals surface area contributed by atoms with Crippen molar-refractivity contribution in [2.24, 2.45) is 0 Å². The summed E-state index contributed by atoms with van der Waals surface area (Å²) >= 11 is 12.4. The van der Waals surface area contributed by atoms with Crippen LogP contribution in [-0.2, 0) is 19.3 Å². The first-order valence-corrected chi connectivity index (χ1v) is 18.0. The van der Waals surface area contributed by atoms with E-state index < -0.39 is 34.6 Å². The molecule has 1 aromatic carbocycles. The average molecular weight is 675 g/mol. The molecule has 1 aromatic heterocycles. The number of hydrogen-bond acceptors (Lipinski definition) is 8. The lowest BCUT2D eigenvalue weighted by atomic mass is 10.1. The van der Waals surface area contributed by atoms with E-state index in [2.05, 4.69) is 0 Å². The Kier molecular flexibility index (Phi) is 12.8. The number of sulfonamides is 1. The summed E-state index contributed by atoms with van der Waals surface area (Å²) in [6, 6.07) is 7.98. The number of amides is 1. The standard InChI is InChI=1S/C26H38Cl2NO9PS2/c1-6-26(7-2,39(31,32)33)29(24(30)38-25(3,4)5)41(34,35)23-13-12-22(40-23)19-10-11-20(36-16-8-14-27)21(18-19)37-17-9-15-28/h10-13,18H,6-9,14-17H2,1-5H3,(H2,31,32,33). The Labute approximate surface area is 256 Å². The van der Waals surface area contributed by atoms with Crippen LogP contribution in [0.25, 0.3) is 10.4 Å². The number of rotatable bonds is 15. The first-order chi connectivity index (χ1) is 19.1. The van der Waals surface area contributed by atoms with E-state index in [1.165, 1.54) is 40.7 Å². The molecule has 2 rings (SSSR count). The van der Waals surface area contributed by atoms with Gasteiger partial charge in [-0.15, -0.1) is 34.5 Å². The van der Waals surface area contributed by atoms with Crippen molar-refractivity contribution in [3.8, 4) is 21.9 Å². The fraction of sp³-hybridized carbons (Fsp3) is 0.577. The Hall–Kier alpha value is -1.53. The van der Waals surface area contributed by atoms with E-state index in [1.807, 2.05) is 0 Å². The van der Waals surface area contributed by atoms with Gasteiger partial charge in [0, 0.05) is 16.6 Å². The predicted octanol–water partition coefficient (Wildman–Crippen LogP) is 7.05. The van der Waals surface area contributed by atoms with Crippen molar-refractivity contribution in [2.75, 3.05) is 25.0 Å². The Morgan fingerprint density at radius 3 is 2.02 bits per heavy atom. The molecule has 0 fully saturated rings. The minimum Gasteiger partial charge on any atom is -0.490 e. The Morgan fingerprint density at radius 2 is 1.54 bits per heavy atom. The summed E-state index contributed by atoms with van der Waals surface area (Å²) < 4.78 is 57.6. The molecule has 10 nitrogen and oxygen atoms in total. The van der Waals surface area contributed by atoms with E-state index >= 15 is 0 Å². The van der Waals surface area contributed by atoms with E-state index in [1.54, 1.807) is 24.3 Å². The second-order valence-corrected chi connectivity index (χ2v) is 15.8. The molecule has 0 atom stereocenters. The molecule has 0 unspecified atom stereocenters. The van der Waals surface area contributed by atoms with Crippen molar-refractivity contribution < 1.29 is 41.8 Å². The van der Waals surface area contributed by atoms with Crippen molar-refractivity contribution in [1.82, 2.24) is 4.31 Å². The molecular weight excluding hydrogens is 636 g/mol. The van der Waals surface area contributed by atoms with Gasteiger partial charge in [-0.05, 0) is 82.3 Å². The number of carbonyl (C=O) groups excluding carboxylic acids is 1. The topological polar surface area (TPSA) is 140 Å². The molecule has 0 spiro atoms. The SMILES string of the molecule is CCC(CC)(N(C(=O)OC(C)(C)C)S(=O)(=O)c1ccc(-c2ccc(OCCCCl)c(OCCCCl)c2)s1)P(=O)(O)O. The van der Waals surface area contributed by atoms with Gasteiger partial charge < -0.3 is 24.0 Å². The van der Waals surface area contributed by atoms with Gasteiger partial charge in [0.15, 0.2) is 16.8 Å². The third-order valence-electron chi connectivity index (χ3n) is 5.99. The zero-order valence-electron chi connectivity index (χ0n) is 23.8. The second-order valence-electron chi connectivity index (χ2n) is 10.0. The van der Waals surface area contributed by atoms with Gasteiger partial charge in [-0.25, -0.2) is 4.79 Å². The highest BCUT2D eigenvalue weighted by Gasteiger charge is 2.57. The van der Waals surface area contributed by atoms with Gasteiger partial charge in [0.2, 0.25) is 0 Å². The van der Waals surface area contributed by atoms with Crippen LogP contribution in [0.5, 0.6) is 11.5 Å². The van der Waals surface area contributed by atoms with Gasteiger partial charge in [0.25, 0.3) is 10.0 Å². The Bertz CT molecular complexity index is 1320. The van der Waals surface area contributed by atoms with Crippen LogP contribution in [0.3, 0.4) is 0 Å². The average Bonchev–Trinajstić information content (AvgIpc) is 3.37. The molecule has 232 valence electrons. The Morgan fingerprint density at radius 1 is 0.976 bits per heavy atom. The van der Waals surface area contributed by atoms with Gasteiger partial charge in [0.1, 0.15) is 9.81 Å². The lowest BCUT2D eigenvalue weighted by Crippen LogP contribution is -2.55. The molecular formula is C26H38Cl2NO9PS2. The third-order valence-corrected chi connectivity index (χ3v) is 12.0. The summed E-state index contributed by atoms with van der Waals surface area (Å²) in [5.74, 6) is 1.78. The fourth-order valence-electron chi connectivity index (χ4n) is 3.93. The number of hydrogen-bond donors (Lipinski definition) is 2. The number of nitrogens with zero attached hydrogens (tertiary/aromatic N) is 1. The van der Waals surface area contributed by atoms with Crippen LogP contribution in [0.15, 0.2) is 34.5 Å². The lowest BCUT2D eigenvalue weighted by Gasteiger charge is -2.41. The minimum absolute atomic E-state index is 0.232. The maximum absolute atomic E-state index is 14.0. The van der Waals surface area contributed by atoms with Crippen LogP contribution in [0.1, 0.15) is 60.3 Å². The van der Waals surface area contributed by atoms with Gasteiger partial charge >= 0.3 is 13.7 Å². The predicted molar refractivity (Wildman–Crippen MR) is 162 cm³/mol. The zero-order valence-corrected chi connectivity index (χ0v) is 27.8. The van der Waals surface area contributed by atoms with Crippen LogP contribution >= 0.6 is 42.1 Å². The van der Waals surface area contributed by atoms with Gasteiger partial charge in [-0.1, -0.05) is 13.8 Å². The number of halogens is 2. The fourth-order valence-corrected chi connectivity index (χ4v) is 8.94. The minimum atomic E-state index is -5.19. The molecule has 0 aliphatic carbocycles. The maximum atomic E-state index is 14.0. The number of thiophene rings is 1. The molecule has 1 amide bonds. The van der Waals surface area contributed by atoms with Gasteiger partial charge in [-0.3, -0.25) is 4.57 Å². The number of benzene rings is 1. The largest absolute Gasteiger partial charge is 0.490 e. The molecule has 0 aliphatic rings. The van der Waals surface area contributed by atoms with E-state index in [9.17, 15) is 27.6 Å².